The molecule has 2 fully saturated rings. The first-order valence-electron chi connectivity index (χ1n) is 8.34. The van der Waals surface area contributed by atoms with Crippen molar-refractivity contribution in [3.8, 4) is 0 Å². The number of likely N-dealkylation sites (tertiary alicyclic amines) is 1. The van der Waals surface area contributed by atoms with Crippen LogP contribution in [0.3, 0.4) is 0 Å². The minimum absolute atomic E-state index is 0.819. The normalized spacial score (nSPS) is 27.0. The molecule has 0 radical (unpaired) electrons. The summed E-state index contributed by atoms with van der Waals surface area (Å²) in [5, 5.41) is 3.66. The maximum Gasteiger partial charge on any atom is 0.00675 e. The molecular formula is C16H33N3. The van der Waals surface area contributed by atoms with Gasteiger partial charge in [-0.25, -0.2) is 0 Å². The van der Waals surface area contributed by atoms with Crippen molar-refractivity contribution in [2.24, 2.45) is 5.92 Å². The lowest BCUT2D eigenvalue weighted by Crippen LogP contribution is -2.38. The minimum atomic E-state index is 0.819. The summed E-state index contributed by atoms with van der Waals surface area (Å²) in [6, 6.07) is 0.819. The molecule has 2 saturated heterocycles. The molecular weight excluding hydrogens is 234 g/mol. The largest absolute Gasteiger partial charge is 0.314 e. The summed E-state index contributed by atoms with van der Waals surface area (Å²) < 4.78 is 0. The van der Waals surface area contributed by atoms with E-state index >= 15 is 0 Å². The highest BCUT2D eigenvalue weighted by molar-refractivity contribution is 4.76. The Balaban J connectivity index is 1.53. The monoisotopic (exact) mass is 267 g/mol. The average Bonchev–Trinajstić information content (AvgIpc) is 2.41. The van der Waals surface area contributed by atoms with Gasteiger partial charge in [-0.3, -0.25) is 0 Å². The van der Waals surface area contributed by atoms with E-state index in [0.29, 0.717) is 0 Å². The van der Waals surface area contributed by atoms with Crippen molar-refractivity contribution < 1.29 is 0 Å². The molecule has 2 aliphatic rings. The molecule has 2 rings (SSSR count). The number of hydrogen-bond donors (Lipinski definition) is 1. The molecule has 0 aliphatic carbocycles. The molecule has 19 heavy (non-hydrogen) atoms. The predicted molar refractivity (Wildman–Crippen MR) is 82.6 cm³/mol. The van der Waals surface area contributed by atoms with E-state index in [-0.39, 0.29) is 0 Å². The van der Waals surface area contributed by atoms with E-state index in [2.05, 4.69) is 29.2 Å². The molecule has 0 bridgehead atoms. The van der Waals surface area contributed by atoms with Gasteiger partial charge in [0.1, 0.15) is 0 Å². The van der Waals surface area contributed by atoms with Gasteiger partial charge in [-0.2, -0.15) is 0 Å². The van der Waals surface area contributed by atoms with Crippen LogP contribution < -0.4 is 5.32 Å². The standard InChI is InChI=1S/C16H33N3/c1-18(2)14-15-8-12-19(13-9-15)11-5-7-16-6-3-4-10-17-16/h15-17H,3-14H2,1-2H3. The zero-order valence-electron chi connectivity index (χ0n) is 13.0. The van der Waals surface area contributed by atoms with E-state index in [1.54, 1.807) is 0 Å². The predicted octanol–water partition coefficient (Wildman–Crippen LogP) is 2.18. The zero-order valence-corrected chi connectivity index (χ0v) is 13.0. The van der Waals surface area contributed by atoms with E-state index < -0.39 is 0 Å². The number of piperidine rings is 2. The molecule has 112 valence electrons. The second-order valence-corrected chi connectivity index (χ2v) is 6.84. The Bertz CT molecular complexity index is 228. The minimum Gasteiger partial charge on any atom is -0.314 e. The summed E-state index contributed by atoms with van der Waals surface area (Å²) in [6.07, 6.45) is 9.81. The van der Waals surface area contributed by atoms with Crippen LogP contribution in [0, 0.1) is 5.92 Å². The third kappa shape index (κ3) is 5.80. The van der Waals surface area contributed by atoms with Gasteiger partial charge in [-0.1, -0.05) is 6.42 Å². The van der Waals surface area contributed by atoms with E-state index in [1.807, 2.05) is 0 Å². The summed E-state index contributed by atoms with van der Waals surface area (Å²) >= 11 is 0. The van der Waals surface area contributed by atoms with Crippen LogP contribution in [0.2, 0.25) is 0 Å². The molecule has 2 heterocycles. The lowest BCUT2D eigenvalue weighted by molar-refractivity contribution is 0.158. The van der Waals surface area contributed by atoms with Crippen molar-refractivity contribution in [3.05, 3.63) is 0 Å². The molecule has 3 nitrogen and oxygen atoms in total. The second-order valence-electron chi connectivity index (χ2n) is 6.84. The summed E-state index contributed by atoms with van der Waals surface area (Å²) in [6.45, 7) is 6.51. The SMILES string of the molecule is CN(C)CC1CCN(CCCC2CCCCN2)CC1. The zero-order chi connectivity index (χ0) is 13.5. The van der Waals surface area contributed by atoms with Crippen molar-refractivity contribution in [3.63, 3.8) is 0 Å². The fourth-order valence-electron chi connectivity index (χ4n) is 3.64. The quantitative estimate of drug-likeness (QED) is 0.796. The number of hydrogen-bond acceptors (Lipinski definition) is 3. The topological polar surface area (TPSA) is 18.5 Å². The maximum atomic E-state index is 3.66. The Kier molecular flexibility index (Phi) is 6.62. The molecule has 0 aromatic heterocycles. The third-order valence-electron chi connectivity index (χ3n) is 4.77. The van der Waals surface area contributed by atoms with Crippen LogP contribution in [0.25, 0.3) is 0 Å². The first-order chi connectivity index (χ1) is 9.24. The average molecular weight is 267 g/mol. The van der Waals surface area contributed by atoms with Gasteiger partial charge in [0.05, 0.1) is 0 Å². The second kappa shape index (κ2) is 8.23. The first kappa shape index (κ1) is 15.3. The Morgan fingerprint density at radius 2 is 1.89 bits per heavy atom. The van der Waals surface area contributed by atoms with Gasteiger partial charge in [0, 0.05) is 12.6 Å². The molecule has 0 aromatic rings. The van der Waals surface area contributed by atoms with E-state index in [4.69, 9.17) is 0 Å². The number of rotatable bonds is 6. The summed E-state index contributed by atoms with van der Waals surface area (Å²) in [7, 11) is 4.40. The summed E-state index contributed by atoms with van der Waals surface area (Å²) in [4.78, 5) is 5.03. The molecule has 3 heteroatoms. The molecule has 1 N–H and O–H groups in total. The van der Waals surface area contributed by atoms with Gasteiger partial charge in [0.25, 0.3) is 0 Å². The van der Waals surface area contributed by atoms with E-state index in [9.17, 15) is 0 Å². The molecule has 0 spiro atoms. The summed E-state index contributed by atoms with van der Waals surface area (Å²) in [5.74, 6) is 0.936. The van der Waals surface area contributed by atoms with Crippen LogP contribution in [0.1, 0.15) is 44.9 Å². The van der Waals surface area contributed by atoms with Crippen LogP contribution in [0.15, 0.2) is 0 Å². The fraction of sp³-hybridized carbons (Fsp3) is 1.00. The molecule has 2 aliphatic heterocycles. The maximum absolute atomic E-state index is 3.66. The molecule has 0 saturated carbocycles. The number of nitrogens with one attached hydrogen (secondary N) is 1. The van der Waals surface area contributed by atoms with Crippen LogP contribution in [-0.2, 0) is 0 Å². The Morgan fingerprint density at radius 1 is 1.11 bits per heavy atom. The Labute approximate surface area is 119 Å². The first-order valence-corrected chi connectivity index (χ1v) is 8.34. The van der Waals surface area contributed by atoms with Gasteiger partial charge in [0.15, 0.2) is 0 Å². The molecule has 0 aromatic carbocycles. The highest BCUT2D eigenvalue weighted by Crippen LogP contribution is 2.19. The molecule has 1 atom stereocenters. The van der Waals surface area contributed by atoms with E-state index in [1.165, 1.54) is 77.7 Å². The van der Waals surface area contributed by atoms with Crippen LogP contribution in [0.5, 0.6) is 0 Å². The van der Waals surface area contributed by atoms with Crippen molar-refractivity contribution >= 4 is 0 Å². The van der Waals surface area contributed by atoms with Crippen molar-refractivity contribution in [1.29, 1.82) is 0 Å². The molecule has 1 unspecified atom stereocenters. The summed E-state index contributed by atoms with van der Waals surface area (Å²) in [5.41, 5.74) is 0. The van der Waals surface area contributed by atoms with Gasteiger partial charge in [0.2, 0.25) is 0 Å². The smallest absolute Gasteiger partial charge is 0.00675 e. The van der Waals surface area contributed by atoms with Crippen molar-refractivity contribution in [2.45, 2.75) is 51.0 Å². The van der Waals surface area contributed by atoms with Gasteiger partial charge in [-0.15, -0.1) is 0 Å². The van der Waals surface area contributed by atoms with Crippen molar-refractivity contribution in [1.82, 2.24) is 15.1 Å². The van der Waals surface area contributed by atoms with Gasteiger partial charge >= 0.3 is 0 Å². The lowest BCUT2D eigenvalue weighted by atomic mass is 9.95. The van der Waals surface area contributed by atoms with Gasteiger partial charge in [-0.05, 0) is 84.7 Å². The molecule has 0 amide bonds. The van der Waals surface area contributed by atoms with Crippen LogP contribution in [0.4, 0.5) is 0 Å². The van der Waals surface area contributed by atoms with Crippen molar-refractivity contribution in [2.75, 3.05) is 46.8 Å². The highest BCUT2D eigenvalue weighted by atomic mass is 15.1. The Morgan fingerprint density at radius 3 is 2.53 bits per heavy atom. The highest BCUT2D eigenvalue weighted by Gasteiger charge is 2.19. The van der Waals surface area contributed by atoms with Gasteiger partial charge < -0.3 is 15.1 Å². The van der Waals surface area contributed by atoms with Crippen LogP contribution >= 0.6 is 0 Å². The number of nitrogens with zero attached hydrogens (tertiary/aromatic N) is 2. The Hall–Kier alpha value is -0.120. The van der Waals surface area contributed by atoms with E-state index in [0.717, 1.165) is 12.0 Å². The van der Waals surface area contributed by atoms with Crippen LogP contribution in [-0.4, -0.2) is 62.7 Å². The fourth-order valence-corrected chi connectivity index (χ4v) is 3.64. The lowest BCUT2D eigenvalue weighted by Gasteiger charge is -2.33. The third-order valence-corrected chi connectivity index (χ3v) is 4.77.